The average Bonchev–Trinajstić information content (AvgIpc) is 2.45. The number of thioether (sulfide) groups is 1. The van der Waals surface area contributed by atoms with Crippen molar-refractivity contribution in [2.75, 3.05) is 6.54 Å². The Morgan fingerprint density at radius 2 is 1.84 bits per heavy atom. The average molecular weight is 275 g/mol. The van der Waals surface area contributed by atoms with Crippen LogP contribution in [0.1, 0.15) is 18.1 Å². The van der Waals surface area contributed by atoms with Crippen LogP contribution in [0.3, 0.4) is 0 Å². The van der Waals surface area contributed by atoms with Crippen LogP contribution in [0.4, 0.5) is 4.39 Å². The van der Waals surface area contributed by atoms with Crippen LogP contribution in [0.25, 0.3) is 0 Å². The van der Waals surface area contributed by atoms with Gasteiger partial charge >= 0.3 is 0 Å². The first-order chi connectivity index (χ1) is 9.31. The molecule has 19 heavy (non-hydrogen) atoms. The molecule has 0 aromatic heterocycles. The molecule has 100 valence electrons. The second-order valence-electron chi connectivity index (χ2n) is 4.27. The van der Waals surface area contributed by atoms with E-state index in [2.05, 4.69) is 17.4 Å². The van der Waals surface area contributed by atoms with Crippen molar-refractivity contribution in [2.45, 2.75) is 24.1 Å². The minimum atomic E-state index is -0.126. The molecule has 0 saturated carbocycles. The molecule has 0 saturated heterocycles. The van der Waals surface area contributed by atoms with Crippen molar-refractivity contribution in [2.24, 2.45) is 0 Å². The Kier molecular flexibility index (Phi) is 5.43. The third-order valence-corrected chi connectivity index (χ3v) is 4.04. The van der Waals surface area contributed by atoms with Gasteiger partial charge in [-0.1, -0.05) is 43.3 Å². The van der Waals surface area contributed by atoms with Crippen molar-refractivity contribution in [1.82, 2.24) is 5.32 Å². The van der Waals surface area contributed by atoms with Gasteiger partial charge in [-0.3, -0.25) is 0 Å². The fourth-order valence-electron chi connectivity index (χ4n) is 1.83. The zero-order chi connectivity index (χ0) is 13.5. The minimum absolute atomic E-state index is 0.126. The highest BCUT2D eigenvalue weighted by Gasteiger charge is 2.08. The first-order valence-electron chi connectivity index (χ1n) is 6.46. The molecule has 0 spiro atoms. The molecule has 1 nitrogen and oxygen atoms in total. The molecule has 0 aliphatic rings. The Labute approximate surface area is 118 Å². The van der Waals surface area contributed by atoms with Gasteiger partial charge in [0.1, 0.15) is 5.82 Å². The Bertz CT molecular complexity index is 513. The summed E-state index contributed by atoms with van der Waals surface area (Å²) in [5.41, 5.74) is 2.02. The molecule has 0 aliphatic carbocycles. The lowest BCUT2D eigenvalue weighted by Crippen LogP contribution is -2.13. The maximum atomic E-state index is 13.8. The fourth-order valence-corrected chi connectivity index (χ4v) is 2.86. The highest BCUT2D eigenvalue weighted by Crippen LogP contribution is 2.27. The molecule has 0 unspecified atom stereocenters. The van der Waals surface area contributed by atoms with Crippen LogP contribution in [0, 0.1) is 5.82 Å². The first kappa shape index (κ1) is 14.1. The van der Waals surface area contributed by atoms with Crippen LogP contribution in [0.5, 0.6) is 0 Å². The highest BCUT2D eigenvalue weighted by atomic mass is 32.2. The van der Waals surface area contributed by atoms with Crippen LogP contribution in [-0.4, -0.2) is 6.54 Å². The molecule has 1 N–H and O–H groups in total. The van der Waals surface area contributed by atoms with E-state index in [4.69, 9.17) is 0 Å². The number of hydrogen-bond donors (Lipinski definition) is 1. The van der Waals surface area contributed by atoms with Crippen molar-refractivity contribution >= 4 is 11.8 Å². The van der Waals surface area contributed by atoms with Gasteiger partial charge in [-0.2, -0.15) is 0 Å². The summed E-state index contributed by atoms with van der Waals surface area (Å²) in [5, 5.41) is 3.19. The summed E-state index contributed by atoms with van der Waals surface area (Å²) in [6.07, 6.45) is 0. The molecule has 0 atom stereocenters. The summed E-state index contributed by atoms with van der Waals surface area (Å²) in [6, 6.07) is 15.5. The van der Waals surface area contributed by atoms with E-state index in [-0.39, 0.29) is 5.82 Å². The van der Waals surface area contributed by atoms with Gasteiger partial charge in [-0.25, -0.2) is 4.39 Å². The normalized spacial score (nSPS) is 10.6. The van der Waals surface area contributed by atoms with E-state index in [1.165, 1.54) is 11.6 Å². The summed E-state index contributed by atoms with van der Waals surface area (Å²) < 4.78 is 13.8. The van der Waals surface area contributed by atoms with Crippen molar-refractivity contribution in [3.8, 4) is 0 Å². The van der Waals surface area contributed by atoms with Gasteiger partial charge in [-0.15, -0.1) is 11.8 Å². The van der Waals surface area contributed by atoms with Crippen molar-refractivity contribution in [3.05, 3.63) is 65.5 Å². The molecule has 2 aromatic carbocycles. The van der Waals surface area contributed by atoms with E-state index >= 15 is 0 Å². The van der Waals surface area contributed by atoms with E-state index in [0.717, 1.165) is 22.8 Å². The molecule has 0 amide bonds. The molecular weight excluding hydrogens is 257 g/mol. The van der Waals surface area contributed by atoms with Crippen LogP contribution in [0.2, 0.25) is 0 Å². The molecular formula is C16H18FNS. The molecule has 2 aromatic rings. The molecule has 3 heteroatoms. The predicted molar refractivity (Wildman–Crippen MR) is 79.8 cm³/mol. The third-order valence-electron chi connectivity index (χ3n) is 2.86. The zero-order valence-corrected chi connectivity index (χ0v) is 11.8. The van der Waals surface area contributed by atoms with E-state index in [9.17, 15) is 4.39 Å². The fraction of sp³-hybridized carbons (Fsp3) is 0.250. The number of benzene rings is 2. The maximum absolute atomic E-state index is 13.8. The quantitative estimate of drug-likeness (QED) is 0.792. The van der Waals surface area contributed by atoms with Crippen LogP contribution in [0.15, 0.2) is 53.4 Å². The molecule has 0 heterocycles. The Morgan fingerprint density at radius 3 is 2.58 bits per heavy atom. The zero-order valence-electron chi connectivity index (χ0n) is 11.0. The van der Waals surface area contributed by atoms with Crippen LogP contribution < -0.4 is 5.32 Å². The Morgan fingerprint density at radius 1 is 1.05 bits per heavy atom. The smallest absolute Gasteiger partial charge is 0.128 e. The van der Waals surface area contributed by atoms with Crippen LogP contribution in [-0.2, 0) is 12.3 Å². The van der Waals surface area contributed by atoms with Crippen LogP contribution >= 0.6 is 11.8 Å². The summed E-state index contributed by atoms with van der Waals surface area (Å²) in [5.74, 6) is 0.739. The van der Waals surface area contributed by atoms with E-state index in [1.54, 1.807) is 17.8 Å². The van der Waals surface area contributed by atoms with Gasteiger partial charge in [-0.05, 0) is 24.2 Å². The van der Waals surface area contributed by atoms with E-state index in [0.29, 0.717) is 6.54 Å². The number of nitrogens with one attached hydrogen (secondary N) is 1. The lowest BCUT2D eigenvalue weighted by atomic mass is 10.2. The van der Waals surface area contributed by atoms with Gasteiger partial charge in [0, 0.05) is 22.8 Å². The molecule has 0 aliphatic heterocycles. The largest absolute Gasteiger partial charge is 0.313 e. The second kappa shape index (κ2) is 7.31. The Balaban J connectivity index is 2.09. The summed E-state index contributed by atoms with van der Waals surface area (Å²) in [7, 11) is 0. The summed E-state index contributed by atoms with van der Waals surface area (Å²) >= 11 is 1.68. The van der Waals surface area contributed by atoms with Gasteiger partial charge in [0.2, 0.25) is 0 Å². The monoisotopic (exact) mass is 275 g/mol. The third kappa shape index (κ3) is 4.08. The molecule has 2 rings (SSSR count). The van der Waals surface area contributed by atoms with Gasteiger partial charge in [0.25, 0.3) is 0 Å². The van der Waals surface area contributed by atoms with Gasteiger partial charge in [0.15, 0.2) is 0 Å². The van der Waals surface area contributed by atoms with E-state index < -0.39 is 0 Å². The first-order valence-corrected chi connectivity index (χ1v) is 7.44. The lowest BCUT2D eigenvalue weighted by molar-refractivity contribution is 0.586. The molecule has 0 radical (unpaired) electrons. The van der Waals surface area contributed by atoms with E-state index in [1.807, 2.05) is 31.2 Å². The predicted octanol–water partition coefficient (Wildman–Crippen LogP) is 4.23. The Hall–Kier alpha value is -1.32. The van der Waals surface area contributed by atoms with Crippen molar-refractivity contribution < 1.29 is 4.39 Å². The number of rotatable bonds is 6. The SMILES string of the molecule is CCNCc1c(F)cccc1SCc1ccccc1. The van der Waals surface area contributed by atoms with Gasteiger partial charge < -0.3 is 5.32 Å². The number of hydrogen-bond acceptors (Lipinski definition) is 2. The molecule has 0 bridgehead atoms. The highest BCUT2D eigenvalue weighted by molar-refractivity contribution is 7.98. The summed E-state index contributed by atoms with van der Waals surface area (Å²) in [4.78, 5) is 1.02. The second-order valence-corrected chi connectivity index (χ2v) is 5.29. The lowest BCUT2D eigenvalue weighted by Gasteiger charge is -2.10. The van der Waals surface area contributed by atoms with Crippen molar-refractivity contribution in [1.29, 1.82) is 0 Å². The number of halogens is 1. The van der Waals surface area contributed by atoms with Gasteiger partial charge in [0.05, 0.1) is 0 Å². The van der Waals surface area contributed by atoms with Crippen molar-refractivity contribution in [3.63, 3.8) is 0 Å². The topological polar surface area (TPSA) is 12.0 Å². The standard InChI is InChI=1S/C16H18FNS/c1-2-18-11-14-15(17)9-6-10-16(14)19-12-13-7-4-3-5-8-13/h3-10,18H,2,11-12H2,1H3. The minimum Gasteiger partial charge on any atom is -0.313 e. The maximum Gasteiger partial charge on any atom is 0.128 e. The molecule has 0 fully saturated rings. The summed E-state index contributed by atoms with van der Waals surface area (Å²) in [6.45, 7) is 3.45.